The van der Waals surface area contributed by atoms with Crippen molar-refractivity contribution in [3.63, 3.8) is 0 Å². The van der Waals surface area contributed by atoms with Gasteiger partial charge in [-0.15, -0.1) is 11.3 Å². The molecular weight excluding hydrogens is 393 g/mol. The van der Waals surface area contributed by atoms with Crippen LogP contribution in [0.15, 0.2) is 54.7 Å². The van der Waals surface area contributed by atoms with Gasteiger partial charge in [0.2, 0.25) is 0 Å². The van der Waals surface area contributed by atoms with Crippen molar-refractivity contribution in [1.82, 2.24) is 14.9 Å². The molecule has 1 fully saturated rings. The van der Waals surface area contributed by atoms with Gasteiger partial charge >= 0.3 is 0 Å². The second-order valence-electron chi connectivity index (χ2n) is 8.17. The number of nitrogens with zero attached hydrogens (tertiary/aromatic N) is 2. The van der Waals surface area contributed by atoms with Crippen LogP contribution in [-0.4, -0.2) is 34.5 Å². The molecule has 3 nitrogen and oxygen atoms in total. The van der Waals surface area contributed by atoms with Crippen LogP contribution in [0, 0.1) is 12.7 Å². The predicted molar refractivity (Wildman–Crippen MR) is 123 cm³/mol. The second-order valence-corrected chi connectivity index (χ2v) is 9.45. The summed E-state index contributed by atoms with van der Waals surface area (Å²) in [5.41, 5.74) is 4.74. The number of hydrogen-bond donors (Lipinski definition) is 1. The summed E-state index contributed by atoms with van der Waals surface area (Å²) in [6, 6.07) is 15.3. The first-order valence-electron chi connectivity index (χ1n) is 10.7. The molecule has 0 bridgehead atoms. The Morgan fingerprint density at radius 1 is 1.10 bits per heavy atom. The monoisotopic (exact) mass is 419 g/mol. The number of rotatable bonds is 5. The SMILES string of the molecule is Cc1nc(-c2ccc(F)cc2)c(CCN2CCC(c3c[nH]c4ccccc34)CC2)s1. The lowest BCUT2D eigenvalue weighted by Crippen LogP contribution is -2.34. The van der Waals surface area contributed by atoms with E-state index in [9.17, 15) is 4.39 Å². The minimum Gasteiger partial charge on any atom is -0.361 e. The highest BCUT2D eigenvalue weighted by molar-refractivity contribution is 7.12. The number of aromatic amines is 1. The largest absolute Gasteiger partial charge is 0.361 e. The Hall–Kier alpha value is -2.50. The number of aryl methyl sites for hydroxylation is 1. The highest BCUT2D eigenvalue weighted by atomic mass is 32.1. The maximum Gasteiger partial charge on any atom is 0.123 e. The molecule has 1 saturated heterocycles. The van der Waals surface area contributed by atoms with Crippen molar-refractivity contribution in [3.05, 3.63) is 76.0 Å². The zero-order chi connectivity index (χ0) is 20.5. The lowest BCUT2D eigenvalue weighted by Gasteiger charge is -2.31. The van der Waals surface area contributed by atoms with Gasteiger partial charge in [0.1, 0.15) is 5.82 Å². The van der Waals surface area contributed by atoms with Gasteiger partial charge in [0.05, 0.1) is 10.7 Å². The minimum atomic E-state index is -0.203. The van der Waals surface area contributed by atoms with Crippen molar-refractivity contribution in [2.45, 2.75) is 32.1 Å². The Morgan fingerprint density at radius 2 is 1.87 bits per heavy atom. The van der Waals surface area contributed by atoms with E-state index >= 15 is 0 Å². The quantitative estimate of drug-likeness (QED) is 0.420. The van der Waals surface area contributed by atoms with Crippen molar-refractivity contribution < 1.29 is 4.39 Å². The number of nitrogens with one attached hydrogen (secondary N) is 1. The lowest BCUT2D eigenvalue weighted by atomic mass is 9.89. The van der Waals surface area contributed by atoms with Crippen LogP contribution in [-0.2, 0) is 6.42 Å². The number of benzene rings is 2. The van der Waals surface area contributed by atoms with Gasteiger partial charge in [-0.05, 0) is 81.1 Å². The Balaban J connectivity index is 1.22. The zero-order valence-corrected chi connectivity index (χ0v) is 18.0. The first-order valence-corrected chi connectivity index (χ1v) is 11.5. The van der Waals surface area contributed by atoms with Crippen LogP contribution in [0.3, 0.4) is 0 Å². The molecule has 0 atom stereocenters. The number of hydrogen-bond acceptors (Lipinski definition) is 3. The van der Waals surface area contributed by atoms with Crippen LogP contribution < -0.4 is 0 Å². The summed E-state index contributed by atoms with van der Waals surface area (Å²) in [7, 11) is 0. The number of thiazole rings is 1. The fourth-order valence-corrected chi connectivity index (χ4v) is 5.58. The third-order valence-electron chi connectivity index (χ3n) is 6.23. The first-order chi connectivity index (χ1) is 14.7. The fourth-order valence-electron chi connectivity index (χ4n) is 4.63. The molecule has 0 saturated carbocycles. The average molecular weight is 420 g/mol. The van der Waals surface area contributed by atoms with E-state index in [2.05, 4.69) is 40.3 Å². The molecule has 0 aliphatic carbocycles. The molecule has 2 aromatic carbocycles. The topological polar surface area (TPSA) is 31.9 Å². The maximum atomic E-state index is 13.3. The normalized spacial score (nSPS) is 15.8. The molecule has 1 aliphatic rings. The van der Waals surface area contributed by atoms with E-state index in [0.717, 1.165) is 42.3 Å². The van der Waals surface area contributed by atoms with Crippen LogP contribution in [0.1, 0.15) is 34.2 Å². The summed E-state index contributed by atoms with van der Waals surface area (Å²) in [6.45, 7) is 5.37. The van der Waals surface area contributed by atoms with Gasteiger partial charge < -0.3 is 9.88 Å². The molecule has 1 aliphatic heterocycles. The van der Waals surface area contributed by atoms with E-state index in [1.165, 1.54) is 46.3 Å². The summed E-state index contributed by atoms with van der Waals surface area (Å²) < 4.78 is 13.3. The Bertz CT molecular complexity index is 1140. The summed E-state index contributed by atoms with van der Waals surface area (Å²) in [5.74, 6) is 0.433. The smallest absolute Gasteiger partial charge is 0.123 e. The lowest BCUT2D eigenvalue weighted by molar-refractivity contribution is 0.215. The van der Waals surface area contributed by atoms with Crippen molar-refractivity contribution in [2.24, 2.45) is 0 Å². The highest BCUT2D eigenvalue weighted by Gasteiger charge is 2.23. The second kappa shape index (κ2) is 8.32. The molecule has 0 spiro atoms. The van der Waals surface area contributed by atoms with Crippen LogP contribution in [0.25, 0.3) is 22.2 Å². The molecule has 30 heavy (non-hydrogen) atoms. The van der Waals surface area contributed by atoms with E-state index in [-0.39, 0.29) is 5.82 Å². The van der Waals surface area contributed by atoms with Gasteiger partial charge in [0.25, 0.3) is 0 Å². The molecule has 0 unspecified atom stereocenters. The number of halogens is 1. The number of fused-ring (bicyclic) bond motifs is 1. The third-order valence-corrected chi connectivity index (χ3v) is 7.26. The Labute approximate surface area is 180 Å². The third kappa shape index (κ3) is 3.92. The Kier molecular flexibility index (Phi) is 5.40. The summed E-state index contributed by atoms with van der Waals surface area (Å²) >= 11 is 1.77. The molecule has 1 N–H and O–H groups in total. The van der Waals surface area contributed by atoms with Crippen LogP contribution in [0.4, 0.5) is 4.39 Å². The standard InChI is InChI=1S/C25H26FN3S/c1-17-28-25(19-6-8-20(26)9-7-19)24(30-17)12-15-29-13-10-18(11-14-29)22-16-27-23-5-3-2-4-21(22)23/h2-9,16,18,27H,10-15H2,1H3. The number of piperidine rings is 1. The van der Waals surface area contributed by atoms with Crippen molar-refractivity contribution in [3.8, 4) is 11.3 Å². The number of aromatic nitrogens is 2. The molecule has 0 amide bonds. The van der Waals surface area contributed by atoms with Gasteiger partial charge in [-0.25, -0.2) is 9.37 Å². The highest BCUT2D eigenvalue weighted by Crippen LogP contribution is 2.34. The van der Waals surface area contributed by atoms with E-state index < -0.39 is 0 Å². The number of H-pyrrole nitrogens is 1. The van der Waals surface area contributed by atoms with E-state index in [1.54, 1.807) is 11.3 Å². The summed E-state index contributed by atoms with van der Waals surface area (Å²) in [6.07, 6.45) is 5.61. The zero-order valence-electron chi connectivity index (χ0n) is 17.2. The average Bonchev–Trinajstić information content (AvgIpc) is 3.37. The van der Waals surface area contributed by atoms with Crippen molar-refractivity contribution in [1.29, 1.82) is 0 Å². The van der Waals surface area contributed by atoms with Gasteiger partial charge in [0.15, 0.2) is 0 Å². The van der Waals surface area contributed by atoms with Crippen molar-refractivity contribution >= 4 is 22.2 Å². The maximum absolute atomic E-state index is 13.3. The van der Waals surface area contributed by atoms with E-state index in [0.29, 0.717) is 5.92 Å². The van der Waals surface area contributed by atoms with Crippen LogP contribution >= 0.6 is 11.3 Å². The van der Waals surface area contributed by atoms with Gasteiger partial charge in [0, 0.05) is 34.1 Å². The van der Waals surface area contributed by atoms with E-state index in [4.69, 9.17) is 4.98 Å². The fraction of sp³-hybridized carbons (Fsp3) is 0.320. The molecule has 5 rings (SSSR count). The number of para-hydroxylation sites is 1. The molecule has 154 valence electrons. The van der Waals surface area contributed by atoms with Gasteiger partial charge in [-0.1, -0.05) is 18.2 Å². The Morgan fingerprint density at radius 3 is 2.67 bits per heavy atom. The molecule has 3 heterocycles. The van der Waals surface area contributed by atoms with Crippen LogP contribution in [0.5, 0.6) is 0 Å². The number of likely N-dealkylation sites (tertiary alicyclic amines) is 1. The van der Waals surface area contributed by atoms with Crippen molar-refractivity contribution in [2.75, 3.05) is 19.6 Å². The predicted octanol–water partition coefficient (Wildman–Crippen LogP) is 6.16. The van der Waals surface area contributed by atoms with Gasteiger partial charge in [-0.3, -0.25) is 0 Å². The minimum absolute atomic E-state index is 0.203. The molecular formula is C25H26FN3S. The molecule has 5 heteroatoms. The first kappa shape index (κ1) is 19.5. The summed E-state index contributed by atoms with van der Waals surface area (Å²) in [4.78, 5) is 12.0. The molecule has 0 radical (unpaired) electrons. The van der Waals surface area contributed by atoms with Gasteiger partial charge in [-0.2, -0.15) is 0 Å². The van der Waals surface area contributed by atoms with Crippen LogP contribution in [0.2, 0.25) is 0 Å². The van der Waals surface area contributed by atoms with E-state index in [1.807, 2.05) is 19.1 Å². The molecule has 4 aromatic rings. The molecule has 2 aromatic heterocycles. The summed E-state index contributed by atoms with van der Waals surface area (Å²) in [5, 5.41) is 2.45.